The maximum atomic E-state index is 11.3. The van der Waals surface area contributed by atoms with E-state index in [4.69, 9.17) is 0 Å². The average molecular weight is 226 g/mol. The summed E-state index contributed by atoms with van der Waals surface area (Å²) in [6, 6.07) is 0. The van der Waals surface area contributed by atoms with Gasteiger partial charge in [-0.2, -0.15) is 0 Å². The molecule has 1 amide bonds. The Kier molecular flexibility index (Phi) is 5.46. The number of hydrogen-bond acceptors (Lipinski definition) is 3. The number of likely N-dealkylation sites (tertiary alicyclic amines) is 1. The molecule has 0 aromatic heterocycles. The highest BCUT2D eigenvalue weighted by atomic mass is 16.1. The van der Waals surface area contributed by atoms with Gasteiger partial charge in [-0.3, -0.25) is 9.59 Å². The number of nitrogens with one attached hydrogen (secondary N) is 1. The first-order chi connectivity index (χ1) is 7.63. The largest absolute Gasteiger partial charge is 0.356 e. The van der Waals surface area contributed by atoms with Gasteiger partial charge in [0.05, 0.1) is 0 Å². The Hall–Kier alpha value is -0.900. The van der Waals surface area contributed by atoms with E-state index in [-0.39, 0.29) is 11.8 Å². The molecule has 0 saturated carbocycles. The van der Waals surface area contributed by atoms with Gasteiger partial charge in [-0.1, -0.05) is 0 Å². The van der Waals surface area contributed by atoms with Gasteiger partial charge in [0, 0.05) is 25.4 Å². The van der Waals surface area contributed by atoms with E-state index in [0.29, 0.717) is 18.7 Å². The highest BCUT2D eigenvalue weighted by molar-refractivity contribution is 5.78. The number of carbonyl (C=O) groups is 2. The third-order valence-electron chi connectivity index (χ3n) is 3.19. The van der Waals surface area contributed by atoms with E-state index < -0.39 is 0 Å². The van der Waals surface area contributed by atoms with Crippen LogP contribution in [-0.4, -0.2) is 42.8 Å². The first-order valence-electron chi connectivity index (χ1n) is 6.13. The molecule has 1 rings (SSSR count). The molecular formula is C12H22N2O2. The van der Waals surface area contributed by atoms with E-state index in [1.165, 1.54) is 0 Å². The standard InChI is InChI=1S/C12H22N2O2/c1-3-13-12(16)6-9-14-7-4-11(5-8-14)10(2)15/h11H,3-9H2,1-2H3,(H,13,16). The molecule has 4 nitrogen and oxygen atoms in total. The van der Waals surface area contributed by atoms with Gasteiger partial charge >= 0.3 is 0 Å². The smallest absolute Gasteiger partial charge is 0.221 e. The number of ketones is 1. The second-order valence-electron chi connectivity index (χ2n) is 4.43. The van der Waals surface area contributed by atoms with Gasteiger partial charge in [-0.15, -0.1) is 0 Å². The van der Waals surface area contributed by atoms with Crippen LogP contribution in [0, 0.1) is 5.92 Å². The number of carbonyl (C=O) groups excluding carboxylic acids is 2. The van der Waals surface area contributed by atoms with Crippen molar-refractivity contribution >= 4 is 11.7 Å². The van der Waals surface area contributed by atoms with Crippen LogP contribution >= 0.6 is 0 Å². The zero-order valence-corrected chi connectivity index (χ0v) is 10.3. The van der Waals surface area contributed by atoms with Crippen molar-refractivity contribution in [3.8, 4) is 0 Å². The van der Waals surface area contributed by atoms with Crippen LogP contribution in [0.2, 0.25) is 0 Å². The van der Waals surface area contributed by atoms with E-state index >= 15 is 0 Å². The average Bonchev–Trinajstić information content (AvgIpc) is 2.27. The minimum absolute atomic E-state index is 0.121. The van der Waals surface area contributed by atoms with E-state index in [0.717, 1.165) is 32.5 Å². The lowest BCUT2D eigenvalue weighted by Crippen LogP contribution is -2.38. The molecule has 0 aromatic carbocycles. The first-order valence-corrected chi connectivity index (χ1v) is 6.13. The van der Waals surface area contributed by atoms with Crippen LogP contribution < -0.4 is 5.32 Å². The highest BCUT2D eigenvalue weighted by Crippen LogP contribution is 2.17. The van der Waals surface area contributed by atoms with Crippen molar-refractivity contribution in [2.45, 2.75) is 33.1 Å². The Balaban J connectivity index is 2.17. The number of amides is 1. The Labute approximate surface area is 97.4 Å². The van der Waals surface area contributed by atoms with Gasteiger partial charge in [0.15, 0.2) is 0 Å². The molecule has 1 heterocycles. The van der Waals surface area contributed by atoms with Crippen LogP contribution in [0.1, 0.15) is 33.1 Å². The molecule has 1 aliphatic rings. The third kappa shape index (κ3) is 4.31. The fourth-order valence-electron chi connectivity index (χ4n) is 2.11. The van der Waals surface area contributed by atoms with Crippen molar-refractivity contribution in [1.29, 1.82) is 0 Å². The second-order valence-corrected chi connectivity index (χ2v) is 4.43. The molecular weight excluding hydrogens is 204 g/mol. The molecule has 1 N–H and O–H groups in total. The number of piperidine rings is 1. The molecule has 16 heavy (non-hydrogen) atoms. The molecule has 1 aliphatic heterocycles. The molecule has 1 fully saturated rings. The Morgan fingerprint density at radius 3 is 2.44 bits per heavy atom. The summed E-state index contributed by atoms with van der Waals surface area (Å²) in [4.78, 5) is 24.7. The SMILES string of the molecule is CCNC(=O)CCN1CCC(C(C)=O)CC1. The van der Waals surface area contributed by atoms with Crippen molar-refractivity contribution in [3.05, 3.63) is 0 Å². The van der Waals surface area contributed by atoms with Gasteiger partial charge in [0.1, 0.15) is 5.78 Å². The molecule has 0 radical (unpaired) electrons. The molecule has 1 saturated heterocycles. The minimum atomic E-state index is 0.121. The van der Waals surface area contributed by atoms with Gasteiger partial charge in [-0.25, -0.2) is 0 Å². The van der Waals surface area contributed by atoms with Crippen LogP contribution in [0.25, 0.3) is 0 Å². The highest BCUT2D eigenvalue weighted by Gasteiger charge is 2.22. The van der Waals surface area contributed by atoms with Crippen molar-refractivity contribution in [1.82, 2.24) is 10.2 Å². The van der Waals surface area contributed by atoms with Crippen LogP contribution in [0.5, 0.6) is 0 Å². The lowest BCUT2D eigenvalue weighted by Gasteiger charge is -2.30. The molecule has 0 spiro atoms. The maximum absolute atomic E-state index is 11.3. The summed E-state index contributed by atoms with van der Waals surface area (Å²) >= 11 is 0. The van der Waals surface area contributed by atoms with E-state index in [1.54, 1.807) is 6.92 Å². The van der Waals surface area contributed by atoms with Crippen molar-refractivity contribution < 1.29 is 9.59 Å². The monoisotopic (exact) mass is 226 g/mol. The van der Waals surface area contributed by atoms with Gasteiger partial charge in [-0.05, 0) is 39.8 Å². The van der Waals surface area contributed by atoms with Crippen LogP contribution in [0.3, 0.4) is 0 Å². The number of Topliss-reactive ketones (excluding diaryl/α,β-unsaturated/α-hetero) is 1. The molecule has 0 aromatic rings. The Morgan fingerprint density at radius 1 is 1.31 bits per heavy atom. The molecule has 0 atom stereocenters. The van der Waals surface area contributed by atoms with E-state index in [2.05, 4.69) is 10.2 Å². The van der Waals surface area contributed by atoms with Crippen molar-refractivity contribution in [2.24, 2.45) is 5.92 Å². The summed E-state index contributed by atoms with van der Waals surface area (Å²) in [7, 11) is 0. The van der Waals surface area contributed by atoms with Gasteiger partial charge < -0.3 is 10.2 Å². The zero-order chi connectivity index (χ0) is 12.0. The summed E-state index contributed by atoms with van der Waals surface area (Å²) in [5.74, 6) is 0.681. The summed E-state index contributed by atoms with van der Waals surface area (Å²) in [5.41, 5.74) is 0. The lowest BCUT2D eigenvalue weighted by molar-refractivity contribution is -0.123. The van der Waals surface area contributed by atoms with Crippen LogP contribution in [0.15, 0.2) is 0 Å². The van der Waals surface area contributed by atoms with Crippen LogP contribution in [-0.2, 0) is 9.59 Å². The summed E-state index contributed by atoms with van der Waals surface area (Å²) in [6.07, 6.45) is 2.47. The first kappa shape index (κ1) is 13.2. The van der Waals surface area contributed by atoms with Crippen LogP contribution in [0.4, 0.5) is 0 Å². The predicted octanol–water partition coefficient (Wildman–Crippen LogP) is 0.814. The topological polar surface area (TPSA) is 49.4 Å². The Bertz CT molecular complexity index is 245. The molecule has 0 unspecified atom stereocenters. The second kappa shape index (κ2) is 6.63. The summed E-state index contributed by atoms with van der Waals surface area (Å²) < 4.78 is 0. The molecule has 92 valence electrons. The number of rotatable bonds is 5. The number of hydrogen-bond donors (Lipinski definition) is 1. The molecule has 0 bridgehead atoms. The zero-order valence-electron chi connectivity index (χ0n) is 10.3. The van der Waals surface area contributed by atoms with Crippen molar-refractivity contribution in [3.63, 3.8) is 0 Å². The predicted molar refractivity (Wildman–Crippen MR) is 63.1 cm³/mol. The minimum Gasteiger partial charge on any atom is -0.356 e. The quantitative estimate of drug-likeness (QED) is 0.755. The fraction of sp³-hybridized carbons (Fsp3) is 0.833. The van der Waals surface area contributed by atoms with Gasteiger partial charge in [0.25, 0.3) is 0 Å². The fourth-order valence-corrected chi connectivity index (χ4v) is 2.11. The maximum Gasteiger partial charge on any atom is 0.221 e. The molecule has 0 aliphatic carbocycles. The van der Waals surface area contributed by atoms with E-state index in [1.807, 2.05) is 6.92 Å². The van der Waals surface area contributed by atoms with Crippen molar-refractivity contribution in [2.75, 3.05) is 26.2 Å². The number of nitrogens with zero attached hydrogens (tertiary/aromatic N) is 1. The lowest BCUT2D eigenvalue weighted by atomic mass is 9.93. The summed E-state index contributed by atoms with van der Waals surface area (Å²) in [6.45, 7) is 7.01. The van der Waals surface area contributed by atoms with E-state index in [9.17, 15) is 9.59 Å². The summed E-state index contributed by atoms with van der Waals surface area (Å²) in [5, 5.41) is 2.79. The normalized spacial score (nSPS) is 18.4. The van der Waals surface area contributed by atoms with Gasteiger partial charge in [0.2, 0.25) is 5.91 Å². The Morgan fingerprint density at radius 2 is 1.94 bits per heavy atom. The third-order valence-corrected chi connectivity index (χ3v) is 3.19. The molecule has 4 heteroatoms.